The van der Waals surface area contributed by atoms with E-state index >= 15 is 0 Å². The predicted molar refractivity (Wildman–Crippen MR) is 111 cm³/mol. The van der Waals surface area contributed by atoms with E-state index in [0.29, 0.717) is 17.6 Å². The number of benzene rings is 1. The molecular formula is C22H25F2N5. The lowest BCUT2D eigenvalue weighted by molar-refractivity contribution is 0.620. The Morgan fingerprint density at radius 1 is 1.03 bits per heavy atom. The lowest BCUT2D eigenvalue weighted by atomic mass is 10.0. The molecule has 0 amide bonds. The number of anilines is 3. The zero-order valence-electron chi connectivity index (χ0n) is 16.8. The Kier molecular flexibility index (Phi) is 5.22. The molecule has 0 saturated heterocycles. The summed E-state index contributed by atoms with van der Waals surface area (Å²) in [5.74, 6) is 1.18. The molecule has 1 aromatic carbocycles. The monoisotopic (exact) mass is 397 g/mol. The number of pyridine rings is 1. The Bertz CT molecular complexity index is 993. The minimum Gasteiger partial charge on any atom is -0.363 e. The molecule has 4 rings (SSSR count). The van der Waals surface area contributed by atoms with Crippen molar-refractivity contribution in [3.8, 4) is 0 Å². The van der Waals surface area contributed by atoms with Crippen molar-refractivity contribution in [3.05, 3.63) is 64.9 Å². The maximum Gasteiger partial charge on any atom is 0.170 e. The largest absolute Gasteiger partial charge is 0.363 e. The molecule has 3 N–H and O–H groups in total. The van der Waals surface area contributed by atoms with E-state index in [-0.39, 0.29) is 23.6 Å². The van der Waals surface area contributed by atoms with Crippen LogP contribution in [0.5, 0.6) is 0 Å². The number of H-pyrrole nitrogens is 1. The van der Waals surface area contributed by atoms with Gasteiger partial charge in [-0.2, -0.15) is 5.10 Å². The molecule has 2 aromatic heterocycles. The molecule has 5 nitrogen and oxygen atoms in total. The number of hydrogen-bond acceptors (Lipinski definition) is 4. The summed E-state index contributed by atoms with van der Waals surface area (Å²) in [5, 5.41) is 13.6. The highest BCUT2D eigenvalue weighted by atomic mass is 19.1. The van der Waals surface area contributed by atoms with Crippen LogP contribution < -0.4 is 10.6 Å². The van der Waals surface area contributed by atoms with Crippen LogP contribution in [0.15, 0.2) is 36.4 Å². The van der Waals surface area contributed by atoms with E-state index in [4.69, 9.17) is 0 Å². The lowest BCUT2D eigenvalue weighted by Crippen LogP contribution is -2.12. The van der Waals surface area contributed by atoms with Gasteiger partial charge in [0.05, 0.1) is 0 Å². The van der Waals surface area contributed by atoms with Crippen LogP contribution in [0.3, 0.4) is 0 Å². The van der Waals surface area contributed by atoms with Gasteiger partial charge >= 0.3 is 0 Å². The average Bonchev–Trinajstić information content (AvgIpc) is 3.43. The Morgan fingerprint density at radius 2 is 1.76 bits per heavy atom. The third kappa shape index (κ3) is 4.39. The molecule has 2 heterocycles. The van der Waals surface area contributed by atoms with Gasteiger partial charge in [0.15, 0.2) is 17.5 Å². The first-order valence-electron chi connectivity index (χ1n) is 9.95. The first-order chi connectivity index (χ1) is 13.9. The molecule has 1 atom stereocenters. The third-order valence-corrected chi connectivity index (χ3v) is 5.21. The number of halogens is 2. The second-order valence-electron chi connectivity index (χ2n) is 7.94. The average molecular weight is 397 g/mol. The number of hydrogen-bond donors (Lipinski definition) is 3. The van der Waals surface area contributed by atoms with E-state index in [9.17, 15) is 8.78 Å². The van der Waals surface area contributed by atoms with Crippen molar-refractivity contribution in [2.45, 2.75) is 51.5 Å². The third-order valence-electron chi connectivity index (χ3n) is 5.21. The number of nitrogens with one attached hydrogen (secondary N) is 3. The summed E-state index contributed by atoms with van der Waals surface area (Å²) in [4.78, 5) is 4.52. The fraction of sp³-hybridized carbons (Fsp3) is 0.364. The fourth-order valence-corrected chi connectivity index (χ4v) is 3.31. The fourth-order valence-electron chi connectivity index (χ4n) is 3.31. The first kappa shape index (κ1) is 19.4. The van der Waals surface area contributed by atoms with Crippen molar-refractivity contribution in [2.24, 2.45) is 0 Å². The van der Waals surface area contributed by atoms with Gasteiger partial charge in [0.1, 0.15) is 11.6 Å². The van der Waals surface area contributed by atoms with Crippen LogP contribution in [-0.4, -0.2) is 15.2 Å². The van der Waals surface area contributed by atoms with Gasteiger partial charge in [-0.05, 0) is 49.4 Å². The van der Waals surface area contributed by atoms with E-state index in [1.54, 1.807) is 12.1 Å². The van der Waals surface area contributed by atoms with Gasteiger partial charge in [-0.3, -0.25) is 5.10 Å². The van der Waals surface area contributed by atoms with Gasteiger partial charge < -0.3 is 10.6 Å². The SMILES string of the molecule is CC(C)c1cc(F)c(Nc2cc(C3CC3)[nH]n2)nc1N[C@@H](C)c1ccc(F)cc1. The molecular weight excluding hydrogens is 372 g/mol. The second-order valence-corrected chi connectivity index (χ2v) is 7.94. The van der Waals surface area contributed by atoms with Gasteiger partial charge in [0.25, 0.3) is 0 Å². The summed E-state index contributed by atoms with van der Waals surface area (Å²) in [6.07, 6.45) is 2.32. The molecule has 0 spiro atoms. The molecule has 152 valence electrons. The van der Waals surface area contributed by atoms with Crippen LogP contribution in [0.1, 0.15) is 68.3 Å². The Hall–Kier alpha value is -2.96. The Labute approximate surface area is 169 Å². The maximum absolute atomic E-state index is 14.7. The van der Waals surface area contributed by atoms with Crippen molar-refractivity contribution in [1.29, 1.82) is 0 Å². The molecule has 29 heavy (non-hydrogen) atoms. The van der Waals surface area contributed by atoms with Gasteiger partial charge in [0, 0.05) is 29.3 Å². The van der Waals surface area contributed by atoms with E-state index in [1.807, 2.05) is 26.8 Å². The molecule has 0 bridgehead atoms. The summed E-state index contributed by atoms with van der Waals surface area (Å²) in [6, 6.07) is 9.61. The molecule has 1 saturated carbocycles. The molecule has 1 aliphatic carbocycles. The standard InChI is InChI=1S/C22H25F2N5/c1-12(2)17-10-18(24)22(26-20-11-19(28-29-20)15-4-5-15)27-21(17)25-13(3)14-6-8-16(23)9-7-14/h6-13,15H,4-5H2,1-3H3,(H3,25,26,27,28,29)/t13-/m0/s1. The van der Waals surface area contributed by atoms with Crippen molar-refractivity contribution >= 4 is 17.5 Å². The van der Waals surface area contributed by atoms with Crippen molar-refractivity contribution < 1.29 is 8.78 Å². The summed E-state index contributed by atoms with van der Waals surface area (Å²) < 4.78 is 27.9. The molecule has 7 heteroatoms. The first-order valence-corrected chi connectivity index (χ1v) is 9.95. The Morgan fingerprint density at radius 3 is 2.41 bits per heavy atom. The molecule has 3 aromatic rings. The van der Waals surface area contributed by atoms with Crippen molar-refractivity contribution in [3.63, 3.8) is 0 Å². The summed E-state index contributed by atoms with van der Waals surface area (Å²) >= 11 is 0. The highest BCUT2D eigenvalue weighted by Gasteiger charge is 2.26. The summed E-state index contributed by atoms with van der Waals surface area (Å²) in [5.41, 5.74) is 2.76. The zero-order valence-corrected chi connectivity index (χ0v) is 16.8. The number of nitrogens with zero attached hydrogens (tertiary/aromatic N) is 2. The highest BCUT2D eigenvalue weighted by Crippen LogP contribution is 2.40. The second kappa shape index (κ2) is 7.81. The number of rotatable bonds is 7. The molecule has 1 fully saturated rings. The van der Waals surface area contributed by atoms with E-state index in [0.717, 1.165) is 29.7 Å². The predicted octanol–water partition coefficient (Wildman–Crippen LogP) is 6.00. The normalized spacial score (nSPS) is 14.8. The van der Waals surface area contributed by atoms with Gasteiger partial charge in [-0.1, -0.05) is 26.0 Å². The van der Waals surface area contributed by atoms with Crippen molar-refractivity contribution in [1.82, 2.24) is 15.2 Å². The van der Waals surface area contributed by atoms with Crippen LogP contribution in [0.4, 0.5) is 26.2 Å². The zero-order chi connectivity index (χ0) is 20.5. The van der Waals surface area contributed by atoms with Gasteiger partial charge in [-0.25, -0.2) is 13.8 Å². The van der Waals surface area contributed by atoms with Crippen LogP contribution in [0.2, 0.25) is 0 Å². The summed E-state index contributed by atoms with van der Waals surface area (Å²) in [6.45, 7) is 5.95. The van der Waals surface area contributed by atoms with Crippen LogP contribution in [0.25, 0.3) is 0 Å². The van der Waals surface area contributed by atoms with Crippen molar-refractivity contribution in [2.75, 3.05) is 10.6 Å². The molecule has 0 aliphatic heterocycles. The van der Waals surface area contributed by atoms with E-state index in [1.165, 1.54) is 18.2 Å². The topological polar surface area (TPSA) is 65.6 Å². The Balaban J connectivity index is 1.60. The van der Waals surface area contributed by atoms with E-state index in [2.05, 4.69) is 25.8 Å². The minimum atomic E-state index is -0.426. The maximum atomic E-state index is 14.7. The summed E-state index contributed by atoms with van der Waals surface area (Å²) in [7, 11) is 0. The highest BCUT2D eigenvalue weighted by molar-refractivity contribution is 5.59. The molecule has 0 unspecified atom stereocenters. The lowest BCUT2D eigenvalue weighted by Gasteiger charge is -2.20. The minimum absolute atomic E-state index is 0.0841. The number of aromatic nitrogens is 3. The molecule has 0 radical (unpaired) electrons. The van der Waals surface area contributed by atoms with Crippen LogP contribution >= 0.6 is 0 Å². The van der Waals surface area contributed by atoms with Gasteiger partial charge in [-0.15, -0.1) is 0 Å². The number of aromatic amines is 1. The van der Waals surface area contributed by atoms with Gasteiger partial charge in [0.2, 0.25) is 0 Å². The smallest absolute Gasteiger partial charge is 0.170 e. The quantitative estimate of drug-likeness (QED) is 0.457. The molecule has 1 aliphatic rings. The van der Waals surface area contributed by atoms with Crippen LogP contribution in [-0.2, 0) is 0 Å². The van der Waals surface area contributed by atoms with E-state index < -0.39 is 5.82 Å². The van der Waals surface area contributed by atoms with Crippen LogP contribution in [0, 0.1) is 11.6 Å².